The molecule has 0 spiro atoms. The molecule has 23 heavy (non-hydrogen) atoms. The van der Waals surface area contributed by atoms with Gasteiger partial charge >= 0.3 is 5.69 Å². The minimum Gasteiger partial charge on any atom is -0.446 e. The minimum absolute atomic E-state index is 0.0470. The van der Waals surface area contributed by atoms with E-state index in [9.17, 15) is 14.9 Å². The molecule has 2 bridgehead atoms. The van der Waals surface area contributed by atoms with E-state index in [4.69, 9.17) is 4.42 Å². The van der Waals surface area contributed by atoms with Crippen LogP contribution in [0.4, 0.5) is 5.69 Å². The lowest BCUT2D eigenvalue weighted by Gasteiger charge is -2.44. The van der Waals surface area contributed by atoms with Crippen LogP contribution in [-0.4, -0.2) is 35.2 Å². The van der Waals surface area contributed by atoms with Crippen LogP contribution in [-0.2, 0) is 0 Å². The molecule has 1 aromatic heterocycles. The van der Waals surface area contributed by atoms with Crippen LogP contribution in [0.15, 0.2) is 28.7 Å². The molecule has 6 heteroatoms. The Hall–Kier alpha value is -2.21. The maximum absolute atomic E-state index is 12.6. The van der Waals surface area contributed by atoms with Gasteiger partial charge in [-0.15, -0.1) is 0 Å². The molecule has 0 radical (unpaired) electrons. The van der Waals surface area contributed by atoms with Crippen LogP contribution < -0.4 is 0 Å². The Kier molecular flexibility index (Phi) is 3.41. The maximum atomic E-state index is 12.6. The maximum Gasteiger partial charge on any atom is 0.312 e. The van der Waals surface area contributed by atoms with Gasteiger partial charge in [-0.1, -0.05) is 12.1 Å². The van der Waals surface area contributed by atoms with E-state index in [-0.39, 0.29) is 22.8 Å². The number of piperidine rings is 3. The number of carbonyl (C=O) groups is 1. The Labute approximate surface area is 133 Å². The first-order valence-electron chi connectivity index (χ1n) is 8.04. The summed E-state index contributed by atoms with van der Waals surface area (Å²) in [6.07, 6.45) is 2.81. The highest BCUT2D eigenvalue weighted by atomic mass is 16.6. The topological polar surface area (TPSA) is 76.6 Å². The van der Waals surface area contributed by atoms with Gasteiger partial charge < -0.3 is 9.32 Å². The Morgan fingerprint density at radius 3 is 2.78 bits per heavy atom. The molecule has 2 aromatic rings. The van der Waals surface area contributed by atoms with Crippen molar-refractivity contribution in [1.82, 2.24) is 4.90 Å². The zero-order valence-corrected chi connectivity index (χ0v) is 12.7. The van der Waals surface area contributed by atoms with E-state index in [1.165, 1.54) is 18.9 Å². The number of hydrogen-bond acceptors (Lipinski definition) is 5. The van der Waals surface area contributed by atoms with Crippen LogP contribution in [0.2, 0.25) is 0 Å². The fourth-order valence-corrected chi connectivity index (χ4v) is 3.99. The third kappa shape index (κ3) is 2.53. The summed E-state index contributed by atoms with van der Waals surface area (Å²) in [5.74, 6) is 1.20. The average Bonchev–Trinajstić information content (AvgIpc) is 3.00. The number of rotatable bonds is 4. The number of nitrogens with zero attached hydrogens (tertiary/aromatic N) is 2. The van der Waals surface area contributed by atoms with Gasteiger partial charge in [0.15, 0.2) is 11.5 Å². The largest absolute Gasteiger partial charge is 0.446 e. The first-order chi connectivity index (χ1) is 11.1. The lowest BCUT2D eigenvalue weighted by molar-refractivity contribution is -0.383. The van der Waals surface area contributed by atoms with E-state index in [2.05, 4.69) is 4.90 Å². The zero-order valence-electron chi connectivity index (χ0n) is 12.7. The molecule has 120 valence electrons. The van der Waals surface area contributed by atoms with Crippen molar-refractivity contribution in [3.05, 3.63) is 40.1 Å². The standard InChI is InChI=1S/C17H18N2O4/c20-15(8-13-10-18-6-4-11(13)5-7-18)16-9-12-2-1-3-14(19(21)22)17(12)23-16/h1-3,9,11,13H,4-8,10H2/t13-/m0/s1. The third-order valence-electron chi connectivity index (χ3n) is 5.23. The van der Waals surface area contributed by atoms with Gasteiger partial charge in [0.25, 0.3) is 0 Å². The van der Waals surface area contributed by atoms with Crippen molar-refractivity contribution in [1.29, 1.82) is 0 Å². The summed E-state index contributed by atoms with van der Waals surface area (Å²) in [4.78, 5) is 25.5. The molecular formula is C17H18N2O4. The molecule has 1 atom stereocenters. The smallest absolute Gasteiger partial charge is 0.312 e. The van der Waals surface area contributed by atoms with Crippen molar-refractivity contribution in [3.8, 4) is 0 Å². The van der Waals surface area contributed by atoms with Crippen LogP contribution in [0.3, 0.4) is 0 Å². The predicted molar refractivity (Wildman–Crippen MR) is 84.5 cm³/mol. The lowest BCUT2D eigenvalue weighted by Crippen LogP contribution is -2.47. The molecule has 4 heterocycles. The van der Waals surface area contributed by atoms with Crippen LogP contribution in [0, 0.1) is 22.0 Å². The van der Waals surface area contributed by atoms with Gasteiger partial charge in [-0.05, 0) is 43.8 Å². The number of non-ortho nitro benzene ring substituents is 1. The van der Waals surface area contributed by atoms with Gasteiger partial charge in [0.1, 0.15) is 0 Å². The van der Waals surface area contributed by atoms with Gasteiger partial charge in [0.2, 0.25) is 5.58 Å². The summed E-state index contributed by atoms with van der Waals surface area (Å²) >= 11 is 0. The number of nitro groups is 1. The Morgan fingerprint density at radius 1 is 1.35 bits per heavy atom. The van der Waals surface area contributed by atoms with Crippen molar-refractivity contribution in [2.45, 2.75) is 19.3 Å². The van der Waals surface area contributed by atoms with Gasteiger partial charge in [0, 0.05) is 24.4 Å². The fraction of sp³-hybridized carbons (Fsp3) is 0.471. The molecule has 3 aliphatic rings. The fourth-order valence-electron chi connectivity index (χ4n) is 3.99. The highest BCUT2D eigenvalue weighted by molar-refractivity contribution is 5.99. The molecule has 3 saturated heterocycles. The van der Waals surface area contributed by atoms with Crippen molar-refractivity contribution < 1.29 is 14.1 Å². The molecule has 0 amide bonds. The summed E-state index contributed by atoms with van der Waals surface area (Å²) in [6, 6.07) is 6.37. The third-order valence-corrected chi connectivity index (χ3v) is 5.23. The van der Waals surface area contributed by atoms with E-state index in [1.54, 1.807) is 18.2 Å². The van der Waals surface area contributed by atoms with Gasteiger partial charge in [-0.25, -0.2) is 0 Å². The Balaban J connectivity index is 1.58. The molecule has 1 aromatic carbocycles. The average molecular weight is 314 g/mol. The highest BCUT2D eigenvalue weighted by Crippen LogP contribution is 2.36. The van der Waals surface area contributed by atoms with Crippen molar-refractivity contribution in [2.75, 3.05) is 19.6 Å². The second kappa shape index (κ2) is 5.45. The number of carbonyl (C=O) groups excluding carboxylic acids is 1. The molecule has 0 aliphatic carbocycles. The van der Waals surface area contributed by atoms with Crippen molar-refractivity contribution >= 4 is 22.4 Å². The van der Waals surface area contributed by atoms with Crippen molar-refractivity contribution in [2.24, 2.45) is 11.8 Å². The number of nitro benzene ring substituents is 1. The SMILES string of the molecule is O=C(C[C@H]1CN2CCC1CC2)c1cc2cccc([N+](=O)[O-])c2o1. The second-order valence-corrected chi connectivity index (χ2v) is 6.59. The van der Waals surface area contributed by atoms with Crippen LogP contribution in [0.25, 0.3) is 11.0 Å². The Morgan fingerprint density at radius 2 is 2.13 bits per heavy atom. The lowest BCUT2D eigenvalue weighted by atomic mass is 9.76. The quantitative estimate of drug-likeness (QED) is 0.492. The molecule has 6 nitrogen and oxygen atoms in total. The van der Waals surface area contributed by atoms with Crippen LogP contribution in [0.1, 0.15) is 29.8 Å². The molecule has 0 saturated carbocycles. The summed E-state index contributed by atoms with van der Waals surface area (Å²) in [6.45, 7) is 3.27. The predicted octanol–water partition coefficient (Wildman–Crippen LogP) is 3.26. The summed E-state index contributed by atoms with van der Waals surface area (Å²) in [5.41, 5.74) is 0.0964. The number of ketones is 1. The minimum atomic E-state index is -0.479. The number of hydrogen-bond donors (Lipinski definition) is 0. The molecule has 5 rings (SSSR count). The number of Topliss-reactive ketones (excluding diaryl/α,β-unsaturated/α-hetero) is 1. The zero-order chi connectivity index (χ0) is 16.0. The molecular weight excluding hydrogens is 296 g/mol. The van der Waals surface area contributed by atoms with Crippen molar-refractivity contribution in [3.63, 3.8) is 0 Å². The summed E-state index contributed by atoms with van der Waals surface area (Å²) in [7, 11) is 0. The molecule has 3 fully saturated rings. The number of furan rings is 1. The van der Waals surface area contributed by atoms with E-state index < -0.39 is 4.92 Å². The van der Waals surface area contributed by atoms with Gasteiger partial charge in [-0.2, -0.15) is 0 Å². The monoisotopic (exact) mass is 314 g/mol. The van der Waals surface area contributed by atoms with Crippen LogP contribution in [0.5, 0.6) is 0 Å². The highest BCUT2D eigenvalue weighted by Gasteiger charge is 2.35. The van der Waals surface area contributed by atoms with Gasteiger partial charge in [-0.3, -0.25) is 14.9 Å². The number of para-hydroxylation sites is 1. The normalized spacial score (nSPS) is 26.5. The summed E-state index contributed by atoms with van der Waals surface area (Å²) < 4.78 is 5.54. The van der Waals surface area contributed by atoms with E-state index in [0.717, 1.165) is 19.6 Å². The van der Waals surface area contributed by atoms with Crippen LogP contribution >= 0.6 is 0 Å². The molecule has 0 unspecified atom stereocenters. The molecule has 3 aliphatic heterocycles. The summed E-state index contributed by atoms with van der Waals surface area (Å²) in [5, 5.41) is 11.7. The first-order valence-corrected chi connectivity index (χ1v) is 8.04. The van der Waals surface area contributed by atoms with E-state index in [0.29, 0.717) is 23.6 Å². The molecule has 0 N–H and O–H groups in total. The first kappa shape index (κ1) is 14.4. The number of fused-ring (bicyclic) bond motifs is 4. The second-order valence-electron chi connectivity index (χ2n) is 6.59. The number of benzene rings is 1. The van der Waals surface area contributed by atoms with E-state index in [1.807, 2.05) is 0 Å². The Bertz CT molecular complexity index is 774. The van der Waals surface area contributed by atoms with E-state index >= 15 is 0 Å². The van der Waals surface area contributed by atoms with Gasteiger partial charge in [0.05, 0.1) is 4.92 Å².